The zero-order valence-corrected chi connectivity index (χ0v) is 12.8. The van der Waals surface area contributed by atoms with Crippen LogP contribution in [0.2, 0.25) is 0 Å². The summed E-state index contributed by atoms with van der Waals surface area (Å²) in [5.74, 6) is 0. The van der Waals surface area contributed by atoms with Gasteiger partial charge in [-0.05, 0) is 18.1 Å². The van der Waals surface area contributed by atoms with Crippen molar-refractivity contribution < 1.29 is 13.2 Å². The molecule has 0 aliphatic carbocycles. The van der Waals surface area contributed by atoms with Crippen LogP contribution < -0.4 is 5.73 Å². The fourth-order valence-corrected chi connectivity index (χ4v) is 2.56. The molecule has 0 amide bonds. The number of halogens is 3. The molecule has 0 bridgehead atoms. The number of hydrogen-bond donors (Lipinski definition) is 1. The van der Waals surface area contributed by atoms with Gasteiger partial charge < -0.3 is 5.73 Å². The second kappa shape index (κ2) is 9.08. The van der Waals surface area contributed by atoms with Crippen LogP contribution in [0.1, 0.15) is 75.5 Å². The Balaban J connectivity index is 2.41. The van der Waals surface area contributed by atoms with Gasteiger partial charge in [-0.2, -0.15) is 13.2 Å². The van der Waals surface area contributed by atoms with Crippen LogP contribution in [-0.2, 0) is 6.18 Å². The predicted octanol–water partition coefficient (Wildman–Crippen LogP) is 5.85. The second-order valence-electron chi connectivity index (χ2n) is 5.60. The second-order valence-corrected chi connectivity index (χ2v) is 5.60. The third-order valence-corrected chi connectivity index (χ3v) is 3.78. The minimum Gasteiger partial charge on any atom is -0.324 e. The first-order chi connectivity index (χ1) is 9.96. The number of rotatable bonds is 9. The lowest BCUT2D eigenvalue weighted by atomic mass is 9.96. The van der Waals surface area contributed by atoms with Crippen LogP contribution in [0.25, 0.3) is 0 Å². The van der Waals surface area contributed by atoms with Gasteiger partial charge in [-0.15, -0.1) is 0 Å². The van der Waals surface area contributed by atoms with Crippen LogP contribution in [0.4, 0.5) is 13.2 Å². The van der Waals surface area contributed by atoms with Crippen molar-refractivity contribution in [3.63, 3.8) is 0 Å². The van der Waals surface area contributed by atoms with E-state index in [-0.39, 0.29) is 5.56 Å². The molecule has 0 saturated carbocycles. The third kappa shape index (κ3) is 6.51. The van der Waals surface area contributed by atoms with Gasteiger partial charge in [0.15, 0.2) is 0 Å². The van der Waals surface area contributed by atoms with E-state index >= 15 is 0 Å². The quantitative estimate of drug-likeness (QED) is 0.569. The van der Waals surface area contributed by atoms with Crippen molar-refractivity contribution in [3.8, 4) is 0 Å². The molecule has 0 radical (unpaired) electrons. The largest absolute Gasteiger partial charge is 0.416 e. The molecule has 0 aromatic heterocycles. The Morgan fingerprint density at radius 3 is 2.14 bits per heavy atom. The van der Waals surface area contributed by atoms with E-state index in [9.17, 15) is 13.2 Å². The highest BCUT2D eigenvalue weighted by atomic mass is 19.4. The molecule has 0 heterocycles. The van der Waals surface area contributed by atoms with Crippen molar-refractivity contribution in [2.24, 2.45) is 5.73 Å². The Kier molecular flexibility index (Phi) is 7.79. The maximum absolute atomic E-state index is 12.9. The Morgan fingerprint density at radius 1 is 0.952 bits per heavy atom. The lowest BCUT2D eigenvalue weighted by molar-refractivity contribution is -0.138. The van der Waals surface area contributed by atoms with Gasteiger partial charge in [0.2, 0.25) is 0 Å². The third-order valence-electron chi connectivity index (χ3n) is 3.78. The van der Waals surface area contributed by atoms with E-state index in [0.717, 1.165) is 25.3 Å². The number of unbranched alkanes of at least 4 members (excludes halogenated alkanes) is 6. The van der Waals surface area contributed by atoms with E-state index in [2.05, 4.69) is 6.92 Å². The van der Waals surface area contributed by atoms with Crippen LogP contribution in [0.15, 0.2) is 24.3 Å². The normalized spacial score (nSPS) is 13.4. The smallest absolute Gasteiger partial charge is 0.324 e. The molecule has 1 unspecified atom stereocenters. The molecule has 1 aromatic carbocycles. The fraction of sp³-hybridized carbons (Fsp3) is 0.647. The zero-order chi connectivity index (χ0) is 15.7. The van der Waals surface area contributed by atoms with Gasteiger partial charge in [0.1, 0.15) is 0 Å². The van der Waals surface area contributed by atoms with E-state index in [4.69, 9.17) is 5.73 Å². The van der Waals surface area contributed by atoms with Crippen molar-refractivity contribution >= 4 is 0 Å². The Hall–Kier alpha value is -1.03. The van der Waals surface area contributed by atoms with Crippen LogP contribution in [0.5, 0.6) is 0 Å². The predicted molar refractivity (Wildman–Crippen MR) is 81.0 cm³/mol. The highest BCUT2D eigenvalue weighted by Crippen LogP contribution is 2.35. The monoisotopic (exact) mass is 301 g/mol. The Bertz CT molecular complexity index is 401. The number of nitrogens with two attached hydrogens (primary N) is 1. The van der Waals surface area contributed by atoms with E-state index < -0.39 is 17.8 Å². The van der Waals surface area contributed by atoms with Crippen molar-refractivity contribution in [3.05, 3.63) is 35.4 Å². The first-order valence-electron chi connectivity index (χ1n) is 7.88. The van der Waals surface area contributed by atoms with E-state index in [0.29, 0.717) is 6.42 Å². The summed E-state index contributed by atoms with van der Waals surface area (Å²) in [6.07, 6.45) is 4.31. The van der Waals surface area contributed by atoms with E-state index in [1.54, 1.807) is 6.07 Å². The number of alkyl halides is 3. The fourth-order valence-electron chi connectivity index (χ4n) is 2.56. The van der Waals surface area contributed by atoms with Gasteiger partial charge in [0.05, 0.1) is 5.56 Å². The van der Waals surface area contributed by atoms with Crippen molar-refractivity contribution in [2.75, 3.05) is 0 Å². The highest BCUT2D eigenvalue weighted by molar-refractivity contribution is 5.32. The van der Waals surface area contributed by atoms with E-state index in [1.165, 1.54) is 37.8 Å². The molecule has 0 spiro atoms. The summed E-state index contributed by atoms with van der Waals surface area (Å²) in [5, 5.41) is 0. The van der Waals surface area contributed by atoms with Crippen LogP contribution >= 0.6 is 0 Å². The first kappa shape index (κ1) is 18.0. The van der Waals surface area contributed by atoms with Gasteiger partial charge in [-0.25, -0.2) is 0 Å². The Morgan fingerprint density at radius 2 is 1.52 bits per heavy atom. The molecule has 0 saturated heterocycles. The summed E-state index contributed by atoms with van der Waals surface area (Å²) < 4.78 is 38.7. The molecule has 0 aliphatic heterocycles. The molecular weight excluding hydrogens is 275 g/mol. The van der Waals surface area contributed by atoms with Gasteiger partial charge >= 0.3 is 6.18 Å². The molecule has 2 N–H and O–H groups in total. The van der Waals surface area contributed by atoms with Crippen LogP contribution in [-0.4, -0.2) is 0 Å². The standard InChI is InChI=1S/C17H26F3N/c1-2-3-4-5-6-7-8-13-16(21)14-11-9-10-12-15(14)17(18,19)20/h9-12,16H,2-8,13,21H2,1H3. The van der Waals surface area contributed by atoms with Gasteiger partial charge in [-0.3, -0.25) is 0 Å². The molecule has 21 heavy (non-hydrogen) atoms. The van der Waals surface area contributed by atoms with Gasteiger partial charge in [-0.1, -0.05) is 70.1 Å². The minimum atomic E-state index is -4.33. The number of hydrogen-bond acceptors (Lipinski definition) is 1. The van der Waals surface area contributed by atoms with Crippen LogP contribution in [0.3, 0.4) is 0 Å². The summed E-state index contributed by atoms with van der Waals surface area (Å²) in [6.45, 7) is 2.18. The Labute approximate surface area is 125 Å². The molecule has 1 nitrogen and oxygen atoms in total. The molecule has 1 atom stereocenters. The van der Waals surface area contributed by atoms with Gasteiger partial charge in [0.25, 0.3) is 0 Å². The average molecular weight is 301 g/mol. The first-order valence-corrected chi connectivity index (χ1v) is 7.88. The molecule has 0 aliphatic rings. The molecule has 1 aromatic rings. The summed E-state index contributed by atoms with van der Waals surface area (Å²) in [7, 11) is 0. The molecule has 4 heteroatoms. The molecular formula is C17H26F3N. The molecule has 120 valence electrons. The maximum Gasteiger partial charge on any atom is 0.416 e. The zero-order valence-electron chi connectivity index (χ0n) is 12.8. The highest BCUT2D eigenvalue weighted by Gasteiger charge is 2.34. The van der Waals surface area contributed by atoms with E-state index in [1.807, 2.05) is 0 Å². The van der Waals surface area contributed by atoms with Crippen LogP contribution in [0, 0.1) is 0 Å². The summed E-state index contributed by atoms with van der Waals surface area (Å²) in [5.41, 5.74) is 5.58. The van der Waals surface area contributed by atoms with Crippen molar-refractivity contribution in [1.82, 2.24) is 0 Å². The lowest BCUT2D eigenvalue weighted by Gasteiger charge is -2.18. The van der Waals surface area contributed by atoms with Gasteiger partial charge in [0, 0.05) is 6.04 Å². The molecule has 1 rings (SSSR count). The minimum absolute atomic E-state index is 0.219. The van der Waals surface area contributed by atoms with Crippen molar-refractivity contribution in [2.45, 2.75) is 70.5 Å². The lowest BCUT2D eigenvalue weighted by Crippen LogP contribution is -2.17. The summed E-state index contributed by atoms with van der Waals surface area (Å²) in [6, 6.07) is 5.11. The maximum atomic E-state index is 12.9. The SMILES string of the molecule is CCCCCCCCCC(N)c1ccccc1C(F)(F)F. The number of benzene rings is 1. The average Bonchev–Trinajstić information content (AvgIpc) is 2.45. The van der Waals surface area contributed by atoms with Crippen molar-refractivity contribution in [1.29, 1.82) is 0 Å². The summed E-state index contributed by atoms with van der Waals surface area (Å²) >= 11 is 0. The molecule has 0 fully saturated rings. The topological polar surface area (TPSA) is 26.0 Å². The summed E-state index contributed by atoms with van der Waals surface area (Å²) in [4.78, 5) is 0.